The molecule has 4 heteroatoms. The second-order valence-electron chi connectivity index (χ2n) is 5.44. The highest BCUT2D eigenvalue weighted by molar-refractivity contribution is 6.31. The summed E-state index contributed by atoms with van der Waals surface area (Å²) >= 11 is 6.06. The molecule has 3 nitrogen and oxygen atoms in total. The number of hydrogen-bond acceptors (Lipinski definition) is 1. The van der Waals surface area contributed by atoms with Crippen molar-refractivity contribution < 1.29 is 4.79 Å². The zero-order valence-corrected chi connectivity index (χ0v) is 11.9. The van der Waals surface area contributed by atoms with Gasteiger partial charge in [-0.05, 0) is 43.0 Å². The molecule has 1 aromatic heterocycles. The van der Waals surface area contributed by atoms with Gasteiger partial charge in [0, 0.05) is 41.6 Å². The molecule has 1 N–H and O–H groups in total. The summed E-state index contributed by atoms with van der Waals surface area (Å²) in [5.41, 5.74) is 3.65. The summed E-state index contributed by atoms with van der Waals surface area (Å²) < 4.78 is 0. The van der Waals surface area contributed by atoms with Crippen LogP contribution in [0.1, 0.15) is 17.7 Å². The quantitative estimate of drug-likeness (QED) is 0.854. The van der Waals surface area contributed by atoms with Crippen LogP contribution in [0.25, 0.3) is 10.9 Å². The molecule has 0 saturated heterocycles. The van der Waals surface area contributed by atoms with Gasteiger partial charge in [0.15, 0.2) is 0 Å². The summed E-state index contributed by atoms with van der Waals surface area (Å²) in [5.74, 6) is 0.327. The van der Waals surface area contributed by atoms with Gasteiger partial charge in [-0.2, -0.15) is 0 Å². The maximum absolute atomic E-state index is 12.1. The van der Waals surface area contributed by atoms with E-state index in [4.69, 9.17) is 11.6 Å². The number of aromatic nitrogens is 1. The number of rotatable bonds is 1. The summed E-state index contributed by atoms with van der Waals surface area (Å²) in [6, 6.07) is 5.92. The molecule has 1 amide bonds. The lowest BCUT2D eigenvalue weighted by Crippen LogP contribution is -2.33. The number of fused-ring (bicyclic) bond motifs is 3. The number of aromatic amines is 1. The Balaban J connectivity index is 1.98. The van der Waals surface area contributed by atoms with Gasteiger partial charge in [0.2, 0.25) is 5.91 Å². The third kappa shape index (κ3) is 2.12. The van der Waals surface area contributed by atoms with Crippen LogP contribution in [-0.4, -0.2) is 29.9 Å². The van der Waals surface area contributed by atoms with E-state index >= 15 is 0 Å². The van der Waals surface area contributed by atoms with Gasteiger partial charge in [0.25, 0.3) is 0 Å². The number of carbonyl (C=O) groups is 1. The van der Waals surface area contributed by atoms with E-state index in [1.807, 2.05) is 32.3 Å². The molecular formula is C15H17ClN2O. The van der Waals surface area contributed by atoms with Crippen LogP contribution >= 0.6 is 11.6 Å². The zero-order valence-electron chi connectivity index (χ0n) is 11.2. The fraction of sp³-hybridized carbons (Fsp3) is 0.400. The van der Waals surface area contributed by atoms with Crippen molar-refractivity contribution in [1.82, 2.24) is 9.88 Å². The molecule has 1 atom stereocenters. The van der Waals surface area contributed by atoms with Crippen LogP contribution in [0.3, 0.4) is 0 Å². The molecule has 1 aromatic carbocycles. The van der Waals surface area contributed by atoms with Crippen molar-refractivity contribution in [3.8, 4) is 0 Å². The lowest BCUT2D eigenvalue weighted by Gasteiger charge is -2.24. The Kier molecular flexibility index (Phi) is 3.02. The van der Waals surface area contributed by atoms with Crippen molar-refractivity contribution in [3.05, 3.63) is 34.5 Å². The third-order valence-electron chi connectivity index (χ3n) is 3.94. The molecule has 100 valence electrons. The van der Waals surface area contributed by atoms with E-state index in [0.29, 0.717) is 0 Å². The minimum atomic E-state index is 0.103. The smallest absolute Gasteiger partial charge is 0.225 e. The number of nitrogens with zero attached hydrogens (tertiary/aromatic N) is 1. The summed E-state index contributed by atoms with van der Waals surface area (Å²) in [4.78, 5) is 17.2. The summed E-state index contributed by atoms with van der Waals surface area (Å²) in [6.07, 6.45) is 2.67. The highest BCUT2D eigenvalue weighted by Gasteiger charge is 2.28. The molecule has 0 aliphatic heterocycles. The van der Waals surface area contributed by atoms with Crippen molar-refractivity contribution in [3.63, 3.8) is 0 Å². The van der Waals surface area contributed by atoms with Crippen LogP contribution in [0, 0.1) is 5.92 Å². The Labute approximate surface area is 117 Å². The fourth-order valence-corrected chi connectivity index (χ4v) is 3.15. The lowest BCUT2D eigenvalue weighted by molar-refractivity contribution is -0.133. The first-order valence-electron chi connectivity index (χ1n) is 6.56. The molecule has 1 heterocycles. The van der Waals surface area contributed by atoms with Crippen molar-refractivity contribution >= 4 is 28.4 Å². The Bertz CT molecular complexity index is 645. The average Bonchev–Trinajstić information content (AvgIpc) is 2.74. The van der Waals surface area contributed by atoms with Gasteiger partial charge < -0.3 is 9.88 Å². The summed E-state index contributed by atoms with van der Waals surface area (Å²) in [6.45, 7) is 0. The molecule has 1 aliphatic carbocycles. The Morgan fingerprint density at radius 1 is 1.42 bits per heavy atom. The molecule has 2 aromatic rings. The van der Waals surface area contributed by atoms with Gasteiger partial charge in [0.1, 0.15) is 0 Å². The van der Waals surface area contributed by atoms with Crippen LogP contribution < -0.4 is 0 Å². The molecule has 1 aliphatic rings. The topological polar surface area (TPSA) is 36.1 Å². The first kappa shape index (κ1) is 12.5. The number of carbonyl (C=O) groups excluding carboxylic acids is 1. The number of benzene rings is 1. The molecule has 3 rings (SSSR count). The van der Waals surface area contributed by atoms with Gasteiger partial charge in [-0.15, -0.1) is 0 Å². The molecule has 0 radical (unpaired) electrons. The number of aryl methyl sites for hydroxylation is 1. The van der Waals surface area contributed by atoms with E-state index in [-0.39, 0.29) is 11.8 Å². The monoisotopic (exact) mass is 276 g/mol. The van der Waals surface area contributed by atoms with Crippen molar-refractivity contribution in [2.45, 2.75) is 19.3 Å². The van der Waals surface area contributed by atoms with Crippen LogP contribution in [0.2, 0.25) is 5.02 Å². The highest BCUT2D eigenvalue weighted by Crippen LogP contribution is 2.33. The van der Waals surface area contributed by atoms with Crippen LogP contribution in [0.5, 0.6) is 0 Å². The largest absolute Gasteiger partial charge is 0.358 e. The Hall–Kier alpha value is -1.48. The molecular weight excluding hydrogens is 260 g/mol. The normalized spacial score (nSPS) is 18.4. The molecule has 0 spiro atoms. The molecule has 1 unspecified atom stereocenters. The van der Waals surface area contributed by atoms with Crippen LogP contribution in [-0.2, 0) is 17.6 Å². The Morgan fingerprint density at radius 3 is 2.95 bits per heavy atom. The van der Waals surface area contributed by atoms with E-state index in [9.17, 15) is 4.79 Å². The van der Waals surface area contributed by atoms with Gasteiger partial charge in [0.05, 0.1) is 0 Å². The maximum atomic E-state index is 12.1. The second kappa shape index (κ2) is 4.57. The maximum Gasteiger partial charge on any atom is 0.225 e. The predicted octanol–water partition coefficient (Wildman–Crippen LogP) is 3.01. The first-order valence-corrected chi connectivity index (χ1v) is 6.94. The third-order valence-corrected chi connectivity index (χ3v) is 4.18. The van der Waals surface area contributed by atoms with Crippen LogP contribution in [0.4, 0.5) is 0 Å². The second-order valence-corrected chi connectivity index (χ2v) is 5.88. The zero-order chi connectivity index (χ0) is 13.6. The van der Waals surface area contributed by atoms with E-state index in [0.717, 1.165) is 29.8 Å². The fourth-order valence-electron chi connectivity index (χ4n) is 2.98. The number of H-pyrrole nitrogens is 1. The van der Waals surface area contributed by atoms with Gasteiger partial charge >= 0.3 is 0 Å². The van der Waals surface area contributed by atoms with Gasteiger partial charge in [-0.25, -0.2) is 0 Å². The van der Waals surface area contributed by atoms with Crippen molar-refractivity contribution in [2.24, 2.45) is 5.92 Å². The minimum absolute atomic E-state index is 0.103. The Morgan fingerprint density at radius 2 is 2.21 bits per heavy atom. The van der Waals surface area contributed by atoms with E-state index in [1.54, 1.807) is 4.90 Å². The predicted molar refractivity (Wildman–Crippen MR) is 77.5 cm³/mol. The molecule has 19 heavy (non-hydrogen) atoms. The average molecular weight is 277 g/mol. The van der Waals surface area contributed by atoms with Crippen LogP contribution in [0.15, 0.2) is 18.2 Å². The highest BCUT2D eigenvalue weighted by atomic mass is 35.5. The molecule has 0 bridgehead atoms. The molecule has 0 fully saturated rings. The standard InChI is InChI=1S/C15H17ClN2O/c1-18(2)15(19)9-3-5-11-12-8-10(16)4-6-13(12)17-14(11)7-9/h4,6,8-9,17H,3,5,7H2,1-2H3. The minimum Gasteiger partial charge on any atom is -0.358 e. The first-order chi connectivity index (χ1) is 9.06. The van der Waals surface area contributed by atoms with Crippen molar-refractivity contribution in [1.29, 1.82) is 0 Å². The number of hydrogen-bond donors (Lipinski definition) is 1. The van der Waals surface area contributed by atoms with E-state index < -0.39 is 0 Å². The SMILES string of the molecule is CN(C)C(=O)C1CCc2c([nH]c3ccc(Cl)cc23)C1. The number of halogens is 1. The van der Waals surface area contributed by atoms with E-state index in [1.165, 1.54) is 16.6 Å². The van der Waals surface area contributed by atoms with E-state index in [2.05, 4.69) is 4.98 Å². The number of nitrogens with one attached hydrogen (secondary N) is 1. The van der Waals surface area contributed by atoms with Gasteiger partial charge in [-0.3, -0.25) is 4.79 Å². The molecule has 0 saturated carbocycles. The summed E-state index contributed by atoms with van der Waals surface area (Å²) in [5, 5.41) is 1.97. The number of amides is 1. The van der Waals surface area contributed by atoms with Gasteiger partial charge in [-0.1, -0.05) is 11.6 Å². The lowest BCUT2D eigenvalue weighted by atomic mass is 9.86. The summed E-state index contributed by atoms with van der Waals surface area (Å²) in [7, 11) is 3.64. The van der Waals surface area contributed by atoms with Crippen molar-refractivity contribution in [2.75, 3.05) is 14.1 Å².